The van der Waals surface area contributed by atoms with E-state index < -0.39 is 5.97 Å². The van der Waals surface area contributed by atoms with Gasteiger partial charge >= 0.3 is 5.97 Å². The van der Waals surface area contributed by atoms with Crippen molar-refractivity contribution in [2.24, 2.45) is 0 Å². The molecular weight excluding hydrogens is 288 g/mol. The van der Waals surface area contributed by atoms with Gasteiger partial charge in [-0.2, -0.15) is 0 Å². The summed E-state index contributed by atoms with van der Waals surface area (Å²) in [6.07, 6.45) is 2.02. The van der Waals surface area contributed by atoms with Crippen LogP contribution in [0.5, 0.6) is 5.75 Å². The van der Waals surface area contributed by atoms with Gasteiger partial charge in [-0.25, -0.2) is 4.79 Å². The van der Waals surface area contributed by atoms with E-state index >= 15 is 0 Å². The van der Waals surface area contributed by atoms with E-state index in [9.17, 15) is 9.59 Å². The van der Waals surface area contributed by atoms with Crippen LogP contribution in [0.4, 0.5) is 0 Å². The van der Waals surface area contributed by atoms with Crippen LogP contribution in [0.15, 0.2) is 18.2 Å². The number of methoxy groups -OCH3 is 2. The van der Waals surface area contributed by atoms with E-state index in [0.717, 1.165) is 0 Å². The molecule has 0 N–H and O–H groups in total. The van der Waals surface area contributed by atoms with Gasteiger partial charge in [-0.05, 0) is 18.2 Å². The van der Waals surface area contributed by atoms with Crippen LogP contribution >= 0.6 is 0 Å². The Morgan fingerprint density at radius 3 is 2.36 bits per heavy atom. The molecule has 0 aliphatic carbocycles. The van der Waals surface area contributed by atoms with E-state index in [1.54, 1.807) is 26.4 Å². The fraction of sp³-hybridized carbons (Fsp3) is 0.500. The first-order valence-corrected chi connectivity index (χ1v) is 7.10. The Kier molecular flexibility index (Phi) is 8.86. The van der Waals surface area contributed by atoms with Gasteiger partial charge in [-0.1, -0.05) is 0 Å². The molecule has 1 aromatic rings. The first kappa shape index (κ1) is 18.1. The predicted octanol–water partition coefficient (Wildman–Crippen LogP) is 2.11. The lowest BCUT2D eigenvalue weighted by Gasteiger charge is -2.10. The highest BCUT2D eigenvalue weighted by molar-refractivity contribution is 5.91. The van der Waals surface area contributed by atoms with Crippen molar-refractivity contribution in [3.8, 4) is 5.75 Å². The molecule has 0 radical (unpaired) electrons. The maximum Gasteiger partial charge on any atom is 0.338 e. The summed E-state index contributed by atoms with van der Waals surface area (Å²) in [5, 5.41) is 0. The minimum absolute atomic E-state index is 0.284. The summed E-state index contributed by atoms with van der Waals surface area (Å²) < 4.78 is 20.5. The van der Waals surface area contributed by atoms with Gasteiger partial charge in [0.05, 0.1) is 24.3 Å². The van der Waals surface area contributed by atoms with Crippen LogP contribution in [0.1, 0.15) is 33.6 Å². The molecule has 0 unspecified atom stereocenters. The van der Waals surface area contributed by atoms with Gasteiger partial charge in [-0.3, -0.25) is 4.79 Å². The van der Waals surface area contributed by atoms with Crippen LogP contribution < -0.4 is 4.74 Å². The number of benzene rings is 1. The highest BCUT2D eigenvalue weighted by Crippen LogP contribution is 2.20. The summed E-state index contributed by atoms with van der Waals surface area (Å²) in [5.74, 6) is -0.0762. The standard InChI is InChI=1S/C16H22O6/c1-19-7-3-9-21-15-11-13(5-6-14(15)12-17)16(18)22-10-4-8-20-2/h5-6,11-12H,3-4,7-10H2,1-2H3. The molecule has 0 amide bonds. The summed E-state index contributed by atoms with van der Waals surface area (Å²) in [6, 6.07) is 4.62. The van der Waals surface area contributed by atoms with Crippen LogP contribution in [-0.4, -0.2) is 52.9 Å². The Hall–Kier alpha value is -1.92. The molecule has 1 aromatic carbocycles. The van der Waals surface area contributed by atoms with Gasteiger partial charge in [0.15, 0.2) is 6.29 Å². The third-order valence-electron chi connectivity index (χ3n) is 2.85. The van der Waals surface area contributed by atoms with Crippen molar-refractivity contribution in [3.05, 3.63) is 29.3 Å². The van der Waals surface area contributed by atoms with Crippen molar-refractivity contribution in [1.82, 2.24) is 0 Å². The minimum atomic E-state index is -0.449. The quantitative estimate of drug-likeness (QED) is 0.354. The van der Waals surface area contributed by atoms with Crippen LogP contribution in [-0.2, 0) is 14.2 Å². The lowest BCUT2D eigenvalue weighted by atomic mass is 10.1. The molecule has 0 saturated heterocycles. The largest absolute Gasteiger partial charge is 0.493 e. The number of ether oxygens (including phenoxy) is 4. The number of carbonyl (C=O) groups is 2. The van der Waals surface area contributed by atoms with Gasteiger partial charge in [0, 0.05) is 40.3 Å². The third-order valence-corrected chi connectivity index (χ3v) is 2.85. The van der Waals surface area contributed by atoms with Gasteiger partial charge in [0.2, 0.25) is 0 Å². The van der Waals surface area contributed by atoms with Crippen molar-refractivity contribution < 1.29 is 28.5 Å². The van der Waals surface area contributed by atoms with Crippen molar-refractivity contribution >= 4 is 12.3 Å². The summed E-state index contributed by atoms with van der Waals surface area (Å²) in [5.41, 5.74) is 0.748. The first-order valence-electron chi connectivity index (χ1n) is 7.10. The molecule has 0 bridgehead atoms. The second-order valence-corrected chi connectivity index (χ2v) is 4.55. The molecule has 0 fully saturated rings. The normalized spacial score (nSPS) is 10.3. The van der Waals surface area contributed by atoms with Gasteiger partial charge in [0.1, 0.15) is 5.75 Å². The smallest absolute Gasteiger partial charge is 0.338 e. The molecule has 22 heavy (non-hydrogen) atoms. The molecule has 0 saturated carbocycles. The average Bonchev–Trinajstić information content (AvgIpc) is 2.55. The molecular formula is C16H22O6. The highest BCUT2D eigenvalue weighted by Gasteiger charge is 2.11. The van der Waals surface area contributed by atoms with Crippen molar-refractivity contribution in [1.29, 1.82) is 0 Å². The molecule has 1 rings (SSSR count). The van der Waals surface area contributed by atoms with E-state index in [4.69, 9.17) is 18.9 Å². The van der Waals surface area contributed by atoms with Gasteiger partial charge < -0.3 is 18.9 Å². The Bertz CT molecular complexity index is 472. The Morgan fingerprint density at radius 2 is 1.73 bits per heavy atom. The van der Waals surface area contributed by atoms with E-state index in [-0.39, 0.29) is 6.61 Å². The zero-order valence-corrected chi connectivity index (χ0v) is 13.0. The van der Waals surface area contributed by atoms with Gasteiger partial charge in [0.25, 0.3) is 0 Å². The maximum atomic E-state index is 11.9. The molecule has 0 spiro atoms. The van der Waals surface area contributed by atoms with Crippen molar-refractivity contribution in [2.75, 3.05) is 40.6 Å². The fourth-order valence-electron chi connectivity index (χ4n) is 1.72. The fourth-order valence-corrected chi connectivity index (χ4v) is 1.72. The molecule has 0 aliphatic rings. The number of hydrogen-bond donors (Lipinski definition) is 0. The molecule has 0 atom stereocenters. The third kappa shape index (κ3) is 6.24. The zero-order chi connectivity index (χ0) is 16.2. The average molecular weight is 310 g/mol. The van der Waals surface area contributed by atoms with Crippen LogP contribution in [0, 0.1) is 0 Å². The molecule has 6 heteroatoms. The number of aldehydes is 1. The SMILES string of the molecule is COCCCOC(=O)c1ccc(C=O)c(OCCCOC)c1. The molecule has 0 aromatic heterocycles. The maximum absolute atomic E-state index is 11.9. The second-order valence-electron chi connectivity index (χ2n) is 4.55. The summed E-state index contributed by atoms with van der Waals surface area (Å²) in [4.78, 5) is 22.9. The summed E-state index contributed by atoms with van der Waals surface area (Å²) in [6.45, 7) is 1.79. The van der Waals surface area contributed by atoms with E-state index in [0.29, 0.717) is 55.8 Å². The Morgan fingerprint density at radius 1 is 1.05 bits per heavy atom. The molecule has 6 nitrogen and oxygen atoms in total. The number of rotatable bonds is 11. The van der Waals surface area contributed by atoms with E-state index in [1.165, 1.54) is 6.07 Å². The van der Waals surface area contributed by atoms with Crippen LogP contribution in [0.25, 0.3) is 0 Å². The van der Waals surface area contributed by atoms with Crippen molar-refractivity contribution in [3.63, 3.8) is 0 Å². The predicted molar refractivity (Wildman–Crippen MR) is 80.6 cm³/mol. The lowest BCUT2D eigenvalue weighted by Crippen LogP contribution is -2.09. The first-order chi connectivity index (χ1) is 10.7. The van der Waals surface area contributed by atoms with Crippen LogP contribution in [0.3, 0.4) is 0 Å². The van der Waals surface area contributed by atoms with Crippen molar-refractivity contribution in [2.45, 2.75) is 12.8 Å². The molecule has 122 valence electrons. The number of hydrogen-bond acceptors (Lipinski definition) is 6. The van der Waals surface area contributed by atoms with Gasteiger partial charge in [-0.15, -0.1) is 0 Å². The monoisotopic (exact) mass is 310 g/mol. The Labute approximate surface area is 130 Å². The Balaban J connectivity index is 2.63. The zero-order valence-electron chi connectivity index (χ0n) is 13.0. The minimum Gasteiger partial charge on any atom is -0.493 e. The number of esters is 1. The summed E-state index contributed by atoms with van der Waals surface area (Å²) >= 11 is 0. The topological polar surface area (TPSA) is 71.1 Å². The molecule has 0 heterocycles. The van der Waals surface area contributed by atoms with E-state index in [1.807, 2.05) is 0 Å². The lowest BCUT2D eigenvalue weighted by molar-refractivity contribution is 0.0467. The van der Waals surface area contributed by atoms with Crippen LogP contribution in [0.2, 0.25) is 0 Å². The van der Waals surface area contributed by atoms with E-state index in [2.05, 4.69) is 0 Å². The number of carbonyl (C=O) groups excluding carboxylic acids is 2. The molecule has 0 aliphatic heterocycles. The summed E-state index contributed by atoms with van der Waals surface area (Å²) in [7, 11) is 3.20. The second kappa shape index (κ2) is 10.8. The highest BCUT2D eigenvalue weighted by atomic mass is 16.5.